The molecule has 4 aliphatic carbocycles. The highest BCUT2D eigenvalue weighted by Gasteiger charge is 2.59. The molecular formula is C27H44O. The lowest BCUT2D eigenvalue weighted by Crippen LogP contribution is -2.43. The SMILES string of the molecule is CC(C)[C@@H](C)/C=C/[C@@H](C)[C@H]1CC[C@H]2C3=CC4C[C@@H](O)CC[C@]4(C)[C@H]3CC[C@]12C. The lowest BCUT2D eigenvalue weighted by molar-refractivity contribution is -0.0000348. The van der Waals surface area contributed by atoms with E-state index in [1.165, 1.54) is 32.1 Å². The molecule has 0 bridgehead atoms. The molecule has 0 heterocycles. The van der Waals surface area contributed by atoms with Crippen LogP contribution in [0.15, 0.2) is 23.8 Å². The molecule has 0 aromatic heterocycles. The minimum absolute atomic E-state index is 0.0640. The second-order valence-corrected chi connectivity index (χ2v) is 11.9. The zero-order valence-electron chi connectivity index (χ0n) is 19.2. The Hall–Kier alpha value is -0.560. The molecule has 9 atom stereocenters. The maximum atomic E-state index is 10.3. The Balaban J connectivity index is 1.54. The summed E-state index contributed by atoms with van der Waals surface area (Å²) in [5.41, 5.74) is 2.74. The van der Waals surface area contributed by atoms with Gasteiger partial charge in [0.15, 0.2) is 0 Å². The van der Waals surface area contributed by atoms with E-state index in [0.29, 0.717) is 28.6 Å². The molecule has 4 rings (SSSR count). The van der Waals surface area contributed by atoms with E-state index in [0.717, 1.165) is 36.5 Å². The second kappa shape index (κ2) is 7.29. The van der Waals surface area contributed by atoms with Crippen molar-refractivity contribution in [2.75, 3.05) is 0 Å². The van der Waals surface area contributed by atoms with Gasteiger partial charge in [-0.2, -0.15) is 0 Å². The third-order valence-electron chi connectivity index (χ3n) is 10.2. The van der Waals surface area contributed by atoms with Gasteiger partial charge >= 0.3 is 0 Å². The summed E-state index contributed by atoms with van der Waals surface area (Å²) >= 11 is 0. The van der Waals surface area contributed by atoms with E-state index in [1.807, 2.05) is 5.57 Å². The highest BCUT2D eigenvalue weighted by atomic mass is 16.3. The van der Waals surface area contributed by atoms with Crippen molar-refractivity contribution in [2.24, 2.45) is 52.3 Å². The van der Waals surface area contributed by atoms with Crippen LogP contribution in [-0.2, 0) is 0 Å². The molecule has 3 saturated carbocycles. The van der Waals surface area contributed by atoms with Crippen LogP contribution in [-0.4, -0.2) is 11.2 Å². The fraction of sp³-hybridized carbons (Fsp3) is 0.852. The monoisotopic (exact) mass is 384 g/mol. The van der Waals surface area contributed by atoms with E-state index in [1.54, 1.807) is 0 Å². The summed E-state index contributed by atoms with van der Waals surface area (Å²) in [5, 5.41) is 10.3. The van der Waals surface area contributed by atoms with Gasteiger partial charge in [0.2, 0.25) is 0 Å². The maximum absolute atomic E-state index is 10.3. The summed E-state index contributed by atoms with van der Waals surface area (Å²) in [5.74, 6) is 5.15. The predicted octanol–water partition coefficient (Wildman–Crippen LogP) is 7.02. The van der Waals surface area contributed by atoms with Crippen molar-refractivity contribution in [3.63, 3.8) is 0 Å². The molecule has 0 radical (unpaired) electrons. The van der Waals surface area contributed by atoms with Crippen molar-refractivity contribution in [1.82, 2.24) is 0 Å². The van der Waals surface area contributed by atoms with Crippen LogP contribution >= 0.6 is 0 Å². The zero-order chi connectivity index (χ0) is 20.3. The summed E-state index contributed by atoms with van der Waals surface area (Å²) in [7, 11) is 0. The Kier molecular flexibility index (Phi) is 5.39. The average molecular weight is 385 g/mol. The summed E-state index contributed by atoms with van der Waals surface area (Å²) < 4.78 is 0. The maximum Gasteiger partial charge on any atom is 0.0546 e. The molecule has 28 heavy (non-hydrogen) atoms. The Morgan fingerprint density at radius 2 is 1.61 bits per heavy atom. The minimum atomic E-state index is -0.0640. The van der Waals surface area contributed by atoms with Crippen LogP contribution in [0, 0.1) is 52.3 Å². The largest absolute Gasteiger partial charge is 0.393 e. The van der Waals surface area contributed by atoms with E-state index in [9.17, 15) is 5.11 Å². The topological polar surface area (TPSA) is 20.2 Å². The molecule has 1 unspecified atom stereocenters. The normalized spacial score (nSPS) is 47.6. The smallest absolute Gasteiger partial charge is 0.0546 e. The van der Waals surface area contributed by atoms with Gasteiger partial charge in [-0.3, -0.25) is 0 Å². The Morgan fingerprint density at radius 3 is 2.32 bits per heavy atom. The van der Waals surface area contributed by atoms with E-state index in [2.05, 4.69) is 59.8 Å². The number of aliphatic hydroxyl groups is 1. The van der Waals surface area contributed by atoms with Crippen molar-refractivity contribution in [2.45, 2.75) is 92.6 Å². The molecule has 3 fully saturated rings. The molecule has 158 valence electrons. The van der Waals surface area contributed by atoms with Crippen LogP contribution in [0.25, 0.3) is 0 Å². The van der Waals surface area contributed by atoms with Gasteiger partial charge in [-0.05, 0) is 97.2 Å². The van der Waals surface area contributed by atoms with Gasteiger partial charge < -0.3 is 5.11 Å². The van der Waals surface area contributed by atoms with Crippen LogP contribution in [0.4, 0.5) is 0 Å². The van der Waals surface area contributed by atoms with Gasteiger partial charge in [0, 0.05) is 0 Å². The highest BCUT2D eigenvalue weighted by molar-refractivity contribution is 5.31. The predicted molar refractivity (Wildman–Crippen MR) is 119 cm³/mol. The molecule has 0 aromatic rings. The van der Waals surface area contributed by atoms with Crippen molar-refractivity contribution in [1.29, 1.82) is 0 Å². The molecule has 0 aliphatic heterocycles. The first-order valence-corrected chi connectivity index (χ1v) is 12.2. The molecule has 1 heteroatoms. The van der Waals surface area contributed by atoms with E-state index in [4.69, 9.17) is 0 Å². The van der Waals surface area contributed by atoms with Crippen LogP contribution in [0.5, 0.6) is 0 Å². The van der Waals surface area contributed by atoms with Crippen molar-refractivity contribution in [3.05, 3.63) is 23.8 Å². The Labute approximate surface area is 174 Å². The lowest BCUT2D eigenvalue weighted by Gasteiger charge is -2.50. The van der Waals surface area contributed by atoms with Crippen LogP contribution < -0.4 is 0 Å². The van der Waals surface area contributed by atoms with Crippen molar-refractivity contribution >= 4 is 0 Å². The van der Waals surface area contributed by atoms with Crippen LogP contribution in [0.3, 0.4) is 0 Å². The summed E-state index contributed by atoms with van der Waals surface area (Å²) in [6.45, 7) is 14.7. The average Bonchev–Trinajstić information content (AvgIpc) is 3.13. The van der Waals surface area contributed by atoms with Gasteiger partial charge in [-0.25, -0.2) is 0 Å². The number of rotatable bonds is 4. The molecule has 0 spiro atoms. The van der Waals surface area contributed by atoms with Gasteiger partial charge in [0.05, 0.1) is 6.10 Å². The fourth-order valence-electron chi connectivity index (χ4n) is 7.82. The van der Waals surface area contributed by atoms with Gasteiger partial charge in [0.25, 0.3) is 0 Å². The number of fused-ring (bicyclic) bond motifs is 5. The van der Waals surface area contributed by atoms with Crippen LogP contribution in [0.2, 0.25) is 0 Å². The molecule has 1 N–H and O–H groups in total. The third-order valence-corrected chi connectivity index (χ3v) is 10.2. The number of hydrogen-bond acceptors (Lipinski definition) is 1. The molecule has 0 saturated heterocycles. The number of allylic oxidation sites excluding steroid dienone is 4. The summed E-state index contributed by atoms with van der Waals surface area (Å²) in [6, 6.07) is 0. The standard InChI is InChI=1S/C27H44O/c1-17(2)18(3)7-8-19(4)23-9-10-24-22-16-20-15-21(28)11-13-26(20,5)25(22)12-14-27(23,24)6/h7-8,16-21,23-25,28H,9-15H2,1-6H3/b8-7+/t18-,19+,20?,21-,23+,24-,25-,26-,27+/m0/s1. The molecule has 0 amide bonds. The second-order valence-electron chi connectivity index (χ2n) is 11.9. The minimum Gasteiger partial charge on any atom is -0.393 e. The quantitative estimate of drug-likeness (QED) is 0.516. The first-order chi connectivity index (χ1) is 13.2. The first-order valence-electron chi connectivity index (χ1n) is 12.2. The van der Waals surface area contributed by atoms with Gasteiger partial charge in [-0.1, -0.05) is 65.3 Å². The fourth-order valence-corrected chi connectivity index (χ4v) is 7.82. The summed E-state index contributed by atoms with van der Waals surface area (Å²) in [4.78, 5) is 0. The Morgan fingerprint density at radius 1 is 0.929 bits per heavy atom. The number of aliphatic hydroxyl groups excluding tert-OH is 1. The first kappa shape index (κ1) is 20.7. The molecule has 4 aliphatic rings. The van der Waals surface area contributed by atoms with Gasteiger partial charge in [0.1, 0.15) is 0 Å². The molecule has 0 aromatic carbocycles. The highest BCUT2D eigenvalue weighted by Crippen LogP contribution is 2.68. The number of hydrogen-bond donors (Lipinski definition) is 1. The van der Waals surface area contributed by atoms with Crippen molar-refractivity contribution in [3.8, 4) is 0 Å². The van der Waals surface area contributed by atoms with E-state index >= 15 is 0 Å². The van der Waals surface area contributed by atoms with Crippen LogP contribution in [0.1, 0.15) is 86.5 Å². The Bertz CT molecular complexity index is 645. The summed E-state index contributed by atoms with van der Waals surface area (Å²) in [6.07, 6.45) is 16.5. The van der Waals surface area contributed by atoms with E-state index in [-0.39, 0.29) is 6.10 Å². The lowest BCUT2D eigenvalue weighted by atomic mass is 9.54. The molecular weight excluding hydrogens is 340 g/mol. The third kappa shape index (κ3) is 3.15. The molecule has 1 nitrogen and oxygen atoms in total. The van der Waals surface area contributed by atoms with Gasteiger partial charge in [-0.15, -0.1) is 0 Å². The van der Waals surface area contributed by atoms with Crippen molar-refractivity contribution < 1.29 is 5.11 Å². The zero-order valence-corrected chi connectivity index (χ0v) is 19.2. The van der Waals surface area contributed by atoms with E-state index < -0.39 is 0 Å².